The Bertz CT molecular complexity index is 1870. The molecule has 5 rings (SSSR count). The minimum Gasteiger partial charge on any atom is -0.295 e. The lowest BCUT2D eigenvalue weighted by molar-refractivity contribution is -0.138. The molecular formula is C25H19F3N6O4. The van der Waals surface area contributed by atoms with Gasteiger partial charge in [-0.2, -0.15) is 18.4 Å². The van der Waals surface area contributed by atoms with Crippen molar-refractivity contribution in [2.45, 2.75) is 25.1 Å². The van der Waals surface area contributed by atoms with E-state index in [-0.39, 0.29) is 35.3 Å². The van der Waals surface area contributed by atoms with E-state index in [2.05, 4.69) is 0 Å². The maximum Gasteiger partial charge on any atom is 0.416 e. The standard InChI is InChI=1S/C25H19F3N6O4/c1-31-19-8-6-13(10-20(19)32(2)23(31)37)33-11-16(21(35)30-12-29)22(36)34(24(33)38)18-9-7-14-15(18)4-3-5-17(14)25(26,27)28/h3-6,8,10-11,18H,7,9H2,1-2H3,(H,30,35)/t18-/m1/s1. The Labute approximate surface area is 211 Å². The van der Waals surface area contributed by atoms with Gasteiger partial charge in [0.1, 0.15) is 5.56 Å². The number of rotatable bonds is 3. The van der Waals surface area contributed by atoms with E-state index in [1.54, 1.807) is 13.1 Å². The van der Waals surface area contributed by atoms with Crippen LogP contribution < -0.4 is 22.3 Å². The lowest BCUT2D eigenvalue weighted by Gasteiger charge is -2.19. The maximum absolute atomic E-state index is 13.7. The number of aromatic nitrogens is 4. The molecule has 38 heavy (non-hydrogen) atoms. The van der Waals surface area contributed by atoms with E-state index in [4.69, 9.17) is 5.26 Å². The molecule has 2 aromatic heterocycles. The molecule has 1 N–H and O–H groups in total. The fourth-order valence-electron chi connectivity index (χ4n) is 5.12. The number of benzene rings is 2. The van der Waals surface area contributed by atoms with Crippen molar-refractivity contribution in [1.29, 1.82) is 5.26 Å². The van der Waals surface area contributed by atoms with Gasteiger partial charge >= 0.3 is 17.6 Å². The molecule has 0 unspecified atom stereocenters. The highest BCUT2D eigenvalue weighted by Gasteiger charge is 2.38. The minimum atomic E-state index is -4.62. The summed E-state index contributed by atoms with van der Waals surface area (Å²) in [6.45, 7) is 0. The predicted molar refractivity (Wildman–Crippen MR) is 129 cm³/mol. The lowest BCUT2D eigenvalue weighted by Crippen LogP contribution is -2.45. The van der Waals surface area contributed by atoms with E-state index >= 15 is 0 Å². The van der Waals surface area contributed by atoms with Crippen molar-refractivity contribution in [3.05, 3.63) is 96.2 Å². The molecule has 2 heterocycles. The van der Waals surface area contributed by atoms with E-state index in [0.29, 0.717) is 11.0 Å². The molecule has 0 fully saturated rings. The molecule has 4 aromatic rings. The van der Waals surface area contributed by atoms with E-state index in [0.717, 1.165) is 21.4 Å². The summed E-state index contributed by atoms with van der Waals surface area (Å²) in [5.41, 5.74) is -2.27. The Kier molecular flexibility index (Phi) is 5.63. The molecule has 0 radical (unpaired) electrons. The quantitative estimate of drug-likeness (QED) is 0.324. The van der Waals surface area contributed by atoms with Gasteiger partial charge in [0.15, 0.2) is 6.19 Å². The number of carbonyl (C=O) groups is 1. The highest BCUT2D eigenvalue weighted by Crippen LogP contribution is 2.41. The first kappa shape index (κ1) is 24.8. The van der Waals surface area contributed by atoms with Gasteiger partial charge in [-0.1, -0.05) is 12.1 Å². The van der Waals surface area contributed by atoms with Crippen LogP contribution in [0, 0.1) is 11.5 Å². The second-order valence-electron chi connectivity index (χ2n) is 8.94. The molecule has 1 aliphatic rings. The van der Waals surface area contributed by atoms with Crippen LogP contribution in [0.3, 0.4) is 0 Å². The van der Waals surface area contributed by atoms with Crippen LogP contribution >= 0.6 is 0 Å². The smallest absolute Gasteiger partial charge is 0.295 e. The van der Waals surface area contributed by atoms with Crippen molar-refractivity contribution in [2.24, 2.45) is 14.1 Å². The van der Waals surface area contributed by atoms with Gasteiger partial charge in [-0.05, 0) is 48.2 Å². The number of halogens is 3. The van der Waals surface area contributed by atoms with Crippen molar-refractivity contribution in [3.8, 4) is 11.9 Å². The van der Waals surface area contributed by atoms with Crippen LogP contribution in [0.5, 0.6) is 0 Å². The number of hydrogen-bond donors (Lipinski definition) is 1. The Morgan fingerprint density at radius 1 is 1.05 bits per heavy atom. The van der Waals surface area contributed by atoms with E-state index < -0.39 is 40.5 Å². The van der Waals surface area contributed by atoms with Crippen LogP contribution in [0.15, 0.2) is 57.0 Å². The van der Waals surface area contributed by atoms with Gasteiger partial charge in [-0.15, -0.1) is 0 Å². The highest BCUT2D eigenvalue weighted by molar-refractivity contribution is 5.94. The first-order chi connectivity index (χ1) is 18.0. The van der Waals surface area contributed by atoms with E-state index in [1.165, 1.54) is 46.6 Å². The normalized spacial score (nSPS) is 14.9. The Hall–Kier alpha value is -4.86. The van der Waals surface area contributed by atoms with Gasteiger partial charge in [0.05, 0.1) is 28.3 Å². The van der Waals surface area contributed by atoms with Crippen molar-refractivity contribution in [1.82, 2.24) is 23.6 Å². The maximum atomic E-state index is 13.7. The number of nitrogens with zero attached hydrogens (tertiary/aromatic N) is 5. The van der Waals surface area contributed by atoms with Crippen molar-refractivity contribution in [3.63, 3.8) is 0 Å². The molecule has 1 aliphatic carbocycles. The molecule has 0 saturated heterocycles. The van der Waals surface area contributed by atoms with Crippen molar-refractivity contribution in [2.75, 3.05) is 0 Å². The monoisotopic (exact) mass is 524 g/mol. The zero-order chi connectivity index (χ0) is 27.5. The zero-order valence-electron chi connectivity index (χ0n) is 20.0. The average Bonchev–Trinajstić information content (AvgIpc) is 3.38. The molecule has 13 heteroatoms. The summed E-state index contributed by atoms with van der Waals surface area (Å²) in [5.74, 6) is -1.07. The number of carbonyl (C=O) groups excluding carboxylic acids is 1. The average molecular weight is 524 g/mol. The molecule has 194 valence electrons. The summed E-state index contributed by atoms with van der Waals surface area (Å²) in [4.78, 5) is 52.1. The predicted octanol–water partition coefficient (Wildman–Crippen LogP) is 1.95. The largest absolute Gasteiger partial charge is 0.416 e. The molecule has 2 aromatic carbocycles. The first-order valence-corrected chi connectivity index (χ1v) is 11.4. The lowest BCUT2D eigenvalue weighted by atomic mass is 10.0. The minimum absolute atomic E-state index is 0.0181. The summed E-state index contributed by atoms with van der Waals surface area (Å²) >= 11 is 0. The number of fused-ring (bicyclic) bond motifs is 2. The van der Waals surface area contributed by atoms with Crippen LogP contribution in [0.1, 0.15) is 39.5 Å². The van der Waals surface area contributed by atoms with Crippen LogP contribution in [0.25, 0.3) is 16.7 Å². The number of hydrogen-bond acceptors (Lipinski definition) is 5. The van der Waals surface area contributed by atoms with Crippen LogP contribution in [0.4, 0.5) is 13.2 Å². The summed E-state index contributed by atoms with van der Waals surface area (Å²) in [7, 11) is 3.12. The van der Waals surface area contributed by atoms with Gasteiger partial charge in [0.25, 0.3) is 11.5 Å². The van der Waals surface area contributed by atoms with Gasteiger partial charge in [0.2, 0.25) is 0 Å². The Morgan fingerprint density at radius 2 is 1.76 bits per heavy atom. The summed E-state index contributed by atoms with van der Waals surface area (Å²) in [6.07, 6.45) is -2.22. The number of amides is 1. The fourth-order valence-corrected chi connectivity index (χ4v) is 5.12. The Balaban J connectivity index is 1.79. The highest BCUT2D eigenvalue weighted by atomic mass is 19.4. The number of alkyl halides is 3. The van der Waals surface area contributed by atoms with E-state index in [9.17, 15) is 32.3 Å². The summed E-state index contributed by atoms with van der Waals surface area (Å²) in [6, 6.07) is 7.11. The summed E-state index contributed by atoms with van der Waals surface area (Å²) in [5, 5.41) is 10.8. The molecule has 0 spiro atoms. The fraction of sp³-hybridized carbons (Fsp3) is 0.240. The number of aryl methyl sites for hydroxylation is 2. The molecule has 0 saturated carbocycles. The first-order valence-electron chi connectivity index (χ1n) is 11.4. The summed E-state index contributed by atoms with van der Waals surface area (Å²) < 4.78 is 45.4. The SMILES string of the molecule is Cn1c(=O)n(C)c2cc(-n3cc(C(=O)NC#N)c(=O)n([C@@H]4CCc5c4cccc5C(F)(F)F)c3=O)ccc21. The molecule has 10 nitrogen and oxygen atoms in total. The zero-order valence-corrected chi connectivity index (χ0v) is 20.0. The third-order valence-electron chi connectivity index (χ3n) is 6.92. The van der Waals surface area contributed by atoms with Crippen molar-refractivity contribution >= 4 is 16.9 Å². The van der Waals surface area contributed by atoms with Gasteiger partial charge in [-0.25, -0.2) is 9.59 Å². The van der Waals surface area contributed by atoms with Crippen LogP contribution in [-0.4, -0.2) is 24.2 Å². The number of imidazole rings is 1. The van der Waals surface area contributed by atoms with Gasteiger partial charge < -0.3 is 0 Å². The number of nitrogens with one attached hydrogen (secondary N) is 1. The molecule has 0 bridgehead atoms. The third-order valence-corrected chi connectivity index (χ3v) is 6.92. The Morgan fingerprint density at radius 3 is 2.45 bits per heavy atom. The number of nitriles is 1. The molecule has 1 atom stereocenters. The third kappa shape index (κ3) is 3.64. The molecular weight excluding hydrogens is 505 g/mol. The topological polar surface area (TPSA) is 124 Å². The second kappa shape index (κ2) is 8.62. The van der Waals surface area contributed by atoms with E-state index in [1.807, 2.05) is 5.32 Å². The molecule has 0 aliphatic heterocycles. The van der Waals surface area contributed by atoms with Gasteiger partial charge in [-0.3, -0.25) is 33.2 Å². The second-order valence-corrected chi connectivity index (χ2v) is 8.94. The van der Waals surface area contributed by atoms with Crippen molar-refractivity contribution < 1.29 is 18.0 Å². The van der Waals surface area contributed by atoms with Crippen LogP contribution in [0.2, 0.25) is 0 Å². The van der Waals surface area contributed by atoms with Crippen LogP contribution in [-0.2, 0) is 26.7 Å². The van der Waals surface area contributed by atoms with Gasteiger partial charge in [0, 0.05) is 20.3 Å². The molecule has 1 amide bonds.